The number of fused-ring (bicyclic) bond motifs is 5. The van der Waals surface area contributed by atoms with Gasteiger partial charge in [-0.15, -0.1) is 0 Å². The van der Waals surface area contributed by atoms with Gasteiger partial charge in [0.1, 0.15) is 11.9 Å². The van der Waals surface area contributed by atoms with Crippen LogP contribution in [-0.4, -0.2) is 46.6 Å². The van der Waals surface area contributed by atoms with Crippen LogP contribution in [-0.2, 0) is 4.79 Å². The highest BCUT2D eigenvalue weighted by Crippen LogP contribution is 2.40. The number of carbonyl (C=O) groups excluding carboxylic acids is 1. The molecule has 1 unspecified atom stereocenters. The zero-order valence-corrected chi connectivity index (χ0v) is 19.3. The van der Waals surface area contributed by atoms with Crippen molar-refractivity contribution in [2.45, 2.75) is 44.2 Å². The van der Waals surface area contributed by atoms with Crippen LogP contribution in [0.4, 0.5) is 17.1 Å². The molecule has 2 aliphatic heterocycles. The number of hydrogen-bond acceptors (Lipinski definition) is 5. The zero-order chi connectivity index (χ0) is 21.7. The van der Waals surface area contributed by atoms with E-state index in [-0.39, 0.29) is 11.9 Å². The number of rotatable bonds is 6. The van der Waals surface area contributed by atoms with E-state index in [1.165, 1.54) is 31.4 Å². The molecule has 2 N–H and O–H groups in total. The largest absolute Gasteiger partial charge is 0.382 e. The monoisotopic (exact) mass is 447 g/mol. The molecule has 3 heterocycles. The van der Waals surface area contributed by atoms with Crippen molar-refractivity contribution in [2.75, 3.05) is 40.6 Å². The summed E-state index contributed by atoms with van der Waals surface area (Å²) >= 11 is 1.78. The first-order chi connectivity index (χ1) is 15.7. The summed E-state index contributed by atoms with van der Waals surface area (Å²) in [6.07, 6.45) is 7.82. The Morgan fingerprint density at radius 1 is 1.16 bits per heavy atom. The van der Waals surface area contributed by atoms with Crippen molar-refractivity contribution in [3.63, 3.8) is 0 Å². The van der Waals surface area contributed by atoms with Crippen LogP contribution in [0.25, 0.3) is 22.4 Å². The minimum absolute atomic E-state index is 0.0462. The molecule has 166 valence electrons. The summed E-state index contributed by atoms with van der Waals surface area (Å²) in [5, 5.41) is 6.78. The first-order valence-electron chi connectivity index (χ1n) is 11.7. The van der Waals surface area contributed by atoms with E-state index in [9.17, 15) is 4.79 Å². The van der Waals surface area contributed by atoms with Gasteiger partial charge >= 0.3 is 0 Å². The Morgan fingerprint density at radius 3 is 2.78 bits per heavy atom. The van der Waals surface area contributed by atoms with E-state index in [1.807, 2.05) is 6.07 Å². The quantitative estimate of drug-likeness (QED) is 0.549. The maximum Gasteiger partial charge on any atom is 0.247 e. The molecule has 1 aromatic heterocycles. The fraction of sp³-hybridized carbons (Fsp3) is 0.440. The van der Waals surface area contributed by atoms with Gasteiger partial charge in [-0.2, -0.15) is 11.8 Å². The number of anilines is 3. The summed E-state index contributed by atoms with van der Waals surface area (Å²) in [7, 11) is 0. The molecule has 6 rings (SSSR count). The smallest absolute Gasteiger partial charge is 0.247 e. The Kier molecular flexibility index (Phi) is 5.01. The molecule has 0 bridgehead atoms. The zero-order valence-electron chi connectivity index (χ0n) is 18.4. The third-order valence-electron chi connectivity index (χ3n) is 6.82. The van der Waals surface area contributed by atoms with Gasteiger partial charge in [0.25, 0.3) is 0 Å². The second kappa shape index (κ2) is 8.03. The molecule has 1 atom stereocenters. The molecule has 2 aromatic carbocycles. The Hall–Kier alpha value is -2.67. The van der Waals surface area contributed by atoms with Crippen molar-refractivity contribution in [1.29, 1.82) is 0 Å². The standard InChI is InChI=1S/C25H29N5OS/c1-32-13-10-23-25(31)28-20-8-6-17(26-16-4-5-16)14-19(20)24-27-21-15-18(29-11-2-3-12-29)7-9-22(21)30(23)24/h6-9,14-16,23,26H,2-5,10-13H2,1H3,(H,28,31). The predicted octanol–water partition coefficient (Wildman–Crippen LogP) is 5.12. The first kappa shape index (κ1) is 20.0. The third-order valence-corrected chi connectivity index (χ3v) is 7.46. The highest BCUT2D eigenvalue weighted by molar-refractivity contribution is 7.98. The SMILES string of the molecule is CSCCC1C(=O)Nc2ccc(NC3CC3)cc2-c2nc3cc(N4CCCC4)ccc3n21. The Balaban J connectivity index is 1.51. The summed E-state index contributed by atoms with van der Waals surface area (Å²) < 4.78 is 2.18. The van der Waals surface area contributed by atoms with E-state index in [2.05, 4.69) is 56.7 Å². The average molecular weight is 448 g/mol. The summed E-state index contributed by atoms with van der Waals surface area (Å²) in [5.74, 6) is 1.86. The Morgan fingerprint density at radius 2 is 2.00 bits per heavy atom. The van der Waals surface area contributed by atoms with E-state index in [0.29, 0.717) is 6.04 Å². The molecule has 0 radical (unpaired) electrons. The van der Waals surface area contributed by atoms with Gasteiger partial charge in [0.2, 0.25) is 5.91 Å². The minimum Gasteiger partial charge on any atom is -0.382 e. The lowest BCUT2D eigenvalue weighted by atomic mass is 10.1. The molecule has 1 saturated heterocycles. The van der Waals surface area contributed by atoms with Crippen molar-refractivity contribution in [2.24, 2.45) is 0 Å². The first-order valence-corrected chi connectivity index (χ1v) is 13.1. The fourth-order valence-electron chi connectivity index (χ4n) is 4.98. The van der Waals surface area contributed by atoms with Gasteiger partial charge in [0, 0.05) is 36.1 Å². The number of nitrogens with one attached hydrogen (secondary N) is 2. The van der Waals surface area contributed by atoms with E-state index in [0.717, 1.165) is 59.1 Å². The number of aromatic nitrogens is 2. The molecule has 6 nitrogen and oxygen atoms in total. The molecule has 7 heteroatoms. The van der Waals surface area contributed by atoms with Crippen LogP contribution < -0.4 is 15.5 Å². The maximum atomic E-state index is 13.3. The molecule has 3 aliphatic rings. The molecule has 1 amide bonds. The van der Waals surface area contributed by atoms with Crippen LogP contribution in [0.2, 0.25) is 0 Å². The summed E-state index contributed by atoms with van der Waals surface area (Å²) in [6, 6.07) is 13.1. The van der Waals surface area contributed by atoms with E-state index < -0.39 is 0 Å². The normalized spacial score (nSPS) is 20.1. The number of benzene rings is 2. The van der Waals surface area contributed by atoms with Gasteiger partial charge < -0.3 is 20.1 Å². The summed E-state index contributed by atoms with van der Waals surface area (Å²) in [6.45, 7) is 2.22. The van der Waals surface area contributed by atoms with Crippen molar-refractivity contribution >= 4 is 45.8 Å². The van der Waals surface area contributed by atoms with Crippen LogP contribution >= 0.6 is 11.8 Å². The van der Waals surface area contributed by atoms with Crippen LogP contribution in [0.3, 0.4) is 0 Å². The molecular formula is C25H29N5OS. The maximum absolute atomic E-state index is 13.3. The van der Waals surface area contributed by atoms with Crippen molar-refractivity contribution in [1.82, 2.24) is 9.55 Å². The average Bonchev–Trinajstić information content (AvgIpc) is 3.32. The van der Waals surface area contributed by atoms with Gasteiger partial charge in [0.05, 0.1) is 16.7 Å². The van der Waals surface area contributed by atoms with E-state index in [4.69, 9.17) is 4.98 Å². The highest BCUT2D eigenvalue weighted by Gasteiger charge is 2.31. The lowest BCUT2D eigenvalue weighted by Gasteiger charge is -2.19. The second-order valence-electron chi connectivity index (χ2n) is 9.14. The molecule has 32 heavy (non-hydrogen) atoms. The highest BCUT2D eigenvalue weighted by atomic mass is 32.2. The number of nitrogens with zero attached hydrogens (tertiary/aromatic N) is 3. The molecular weight excluding hydrogens is 418 g/mol. The Labute approximate surface area is 192 Å². The predicted molar refractivity (Wildman–Crippen MR) is 134 cm³/mol. The Bertz CT molecular complexity index is 1180. The van der Waals surface area contributed by atoms with Gasteiger partial charge in [-0.3, -0.25) is 4.79 Å². The third kappa shape index (κ3) is 3.52. The second-order valence-corrected chi connectivity index (χ2v) is 10.1. The molecule has 0 spiro atoms. The van der Waals surface area contributed by atoms with Gasteiger partial charge in [0.15, 0.2) is 0 Å². The fourth-order valence-corrected chi connectivity index (χ4v) is 5.44. The molecule has 1 saturated carbocycles. The molecule has 1 aliphatic carbocycles. The van der Waals surface area contributed by atoms with Crippen molar-refractivity contribution < 1.29 is 4.79 Å². The number of thioether (sulfide) groups is 1. The molecule has 3 aromatic rings. The van der Waals surface area contributed by atoms with Gasteiger partial charge in [-0.25, -0.2) is 4.98 Å². The van der Waals surface area contributed by atoms with Gasteiger partial charge in [-0.05, 0) is 80.5 Å². The summed E-state index contributed by atoms with van der Waals surface area (Å²) in [5.41, 5.74) is 6.18. The summed E-state index contributed by atoms with van der Waals surface area (Å²) in [4.78, 5) is 20.9. The topological polar surface area (TPSA) is 62.2 Å². The van der Waals surface area contributed by atoms with Gasteiger partial charge in [-0.1, -0.05) is 0 Å². The molecule has 2 fully saturated rings. The lowest BCUT2D eigenvalue weighted by molar-refractivity contribution is -0.119. The minimum atomic E-state index is -0.271. The van der Waals surface area contributed by atoms with Crippen molar-refractivity contribution in [3.05, 3.63) is 36.4 Å². The van der Waals surface area contributed by atoms with Crippen LogP contribution in [0.1, 0.15) is 38.1 Å². The number of amides is 1. The van der Waals surface area contributed by atoms with E-state index in [1.54, 1.807) is 11.8 Å². The van der Waals surface area contributed by atoms with Crippen LogP contribution in [0.5, 0.6) is 0 Å². The van der Waals surface area contributed by atoms with Crippen LogP contribution in [0.15, 0.2) is 36.4 Å². The van der Waals surface area contributed by atoms with Crippen LogP contribution in [0, 0.1) is 0 Å². The van der Waals surface area contributed by atoms with Crippen molar-refractivity contribution in [3.8, 4) is 11.4 Å². The van der Waals surface area contributed by atoms with E-state index >= 15 is 0 Å². The number of carbonyl (C=O) groups is 1. The number of hydrogen-bond donors (Lipinski definition) is 2. The number of imidazole rings is 1. The lowest BCUT2D eigenvalue weighted by Crippen LogP contribution is -2.25.